The lowest BCUT2D eigenvalue weighted by atomic mass is 10.1. The number of benzene rings is 1. The highest BCUT2D eigenvalue weighted by Crippen LogP contribution is 2.36. The second-order valence-corrected chi connectivity index (χ2v) is 10.0. The summed E-state index contributed by atoms with van der Waals surface area (Å²) < 4.78 is 4.71. The number of piperidine rings is 1. The molecule has 1 saturated heterocycles. The topological polar surface area (TPSA) is 128 Å². The summed E-state index contributed by atoms with van der Waals surface area (Å²) in [5.74, 6) is 6.61. The molecule has 0 radical (unpaired) electrons. The molecule has 2 aliphatic rings. The van der Waals surface area contributed by atoms with E-state index in [9.17, 15) is 14.9 Å². The average Bonchev–Trinajstić information content (AvgIpc) is 3.69. The smallest absolute Gasteiger partial charge is 0.333 e. The Labute approximate surface area is 218 Å². The maximum atomic E-state index is 14.0. The number of nitriles is 1. The van der Waals surface area contributed by atoms with E-state index >= 15 is 0 Å². The van der Waals surface area contributed by atoms with Gasteiger partial charge in [-0.1, -0.05) is 30.2 Å². The number of fused-ring (bicyclic) bond motifs is 2. The van der Waals surface area contributed by atoms with Crippen molar-refractivity contribution in [1.29, 1.82) is 5.26 Å². The highest BCUT2D eigenvalue weighted by molar-refractivity contribution is 5.86. The van der Waals surface area contributed by atoms with Crippen molar-refractivity contribution in [3.8, 4) is 17.9 Å². The van der Waals surface area contributed by atoms with Crippen LogP contribution in [0.3, 0.4) is 0 Å². The van der Waals surface area contributed by atoms with Gasteiger partial charge in [0, 0.05) is 30.6 Å². The number of rotatable bonds is 5. The largest absolute Gasteiger partial charge is 0.341 e. The first-order valence-electron chi connectivity index (χ1n) is 12.9. The lowest BCUT2D eigenvalue weighted by molar-refractivity contribution is 0.496. The summed E-state index contributed by atoms with van der Waals surface area (Å²) in [6.07, 6.45) is 3.57. The van der Waals surface area contributed by atoms with Gasteiger partial charge in [0.15, 0.2) is 11.2 Å². The number of nitrogens with zero attached hydrogens (tertiary/aromatic N) is 7. The molecular formula is C28H28N8O2. The van der Waals surface area contributed by atoms with E-state index in [-0.39, 0.29) is 30.9 Å². The maximum absolute atomic E-state index is 14.0. The van der Waals surface area contributed by atoms with E-state index < -0.39 is 11.2 Å². The van der Waals surface area contributed by atoms with Gasteiger partial charge in [-0.15, -0.1) is 5.92 Å². The Kier molecular flexibility index (Phi) is 5.97. The molecule has 1 aromatic carbocycles. The van der Waals surface area contributed by atoms with Crippen molar-refractivity contribution in [2.24, 2.45) is 5.73 Å². The van der Waals surface area contributed by atoms with Crippen molar-refractivity contribution in [1.82, 2.24) is 23.7 Å². The van der Waals surface area contributed by atoms with Crippen LogP contribution in [0.2, 0.25) is 0 Å². The Morgan fingerprint density at radius 1 is 1.13 bits per heavy atom. The molecular weight excluding hydrogens is 480 g/mol. The number of nitrogens with two attached hydrogens (primary N) is 1. The zero-order chi connectivity index (χ0) is 26.4. The summed E-state index contributed by atoms with van der Waals surface area (Å²) in [5.41, 5.74) is 6.91. The highest BCUT2D eigenvalue weighted by Gasteiger charge is 2.33. The van der Waals surface area contributed by atoms with E-state index in [2.05, 4.69) is 27.8 Å². The Bertz CT molecular complexity index is 1790. The third-order valence-electron chi connectivity index (χ3n) is 7.33. The molecule has 4 heterocycles. The van der Waals surface area contributed by atoms with Crippen molar-refractivity contribution in [3.05, 3.63) is 62.6 Å². The molecule has 2 fully saturated rings. The molecule has 1 atom stereocenters. The lowest BCUT2D eigenvalue weighted by Crippen LogP contribution is -2.44. The molecule has 0 amide bonds. The normalized spacial score (nSPS) is 17.4. The van der Waals surface area contributed by atoms with Crippen molar-refractivity contribution in [2.45, 2.75) is 57.8 Å². The van der Waals surface area contributed by atoms with E-state index in [4.69, 9.17) is 10.7 Å². The third kappa shape index (κ3) is 4.04. The Hall–Kier alpha value is -4.41. The van der Waals surface area contributed by atoms with E-state index in [1.54, 1.807) is 11.5 Å². The summed E-state index contributed by atoms with van der Waals surface area (Å²) in [5, 5.41) is 11.2. The lowest BCUT2D eigenvalue weighted by Gasteiger charge is -2.31. The highest BCUT2D eigenvalue weighted by atomic mass is 16.2. The van der Waals surface area contributed by atoms with Gasteiger partial charge >= 0.3 is 5.69 Å². The summed E-state index contributed by atoms with van der Waals surface area (Å²) >= 11 is 0. The number of imidazole rings is 1. The van der Waals surface area contributed by atoms with Crippen molar-refractivity contribution in [2.75, 3.05) is 18.0 Å². The molecule has 1 saturated carbocycles. The number of anilines is 1. The minimum atomic E-state index is -0.437. The summed E-state index contributed by atoms with van der Waals surface area (Å²) in [7, 11) is 0. The maximum Gasteiger partial charge on any atom is 0.333 e. The third-order valence-corrected chi connectivity index (χ3v) is 7.33. The molecule has 0 bridgehead atoms. The number of pyridine rings is 1. The van der Waals surface area contributed by atoms with Gasteiger partial charge in [-0.2, -0.15) is 10.2 Å². The first-order chi connectivity index (χ1) is 18.5. The predicted octanol–water partition coefficient (Wildman–Crippen LogP) is 2.11. The van der Waals surface area contributed by atoms with Gasteiger partial charge in [0.2, 0.25) is 5.95 Å². The van der Waals surface area contributed by atoms with Gasteiger partial charge in [0.1, 0.15) is 11.8 Å². The fraction of sp³-hybridized carbons (Fsp3) is 0.393. The van der Waals surface area contributed by atoms with Crippen LogP contribution in [0.15, 0.2) is 39.9 Å². The monoisotopic (exact) mass is 508 g/mol. The van der Waals surface area contributed by atoms with Crippen LogP contribution in [0.1, 0.15) is 50.0 Å². The van der Waals surface area contributed by atoms with E-state index in [0.29, 0.717) is 29.4 Å². The Morgan fingerprint density at radius 3 is 2.68 bits per heavy atom. The first-order valence-corrected chi connectivity index (χ1v) is 12.9. The van der Waals surface area contributed by atoms with Crippen LogP contribution >= 0.6 is 0 Å². The molecule has 38 heavy (non-hydrogen) atoms. The van der Waals surface area contributed by atoms with Crippen LogP contribution in [0.5, 0.6) is 0 Å². The number of hydrogen-bond donors (Lipinski definition) is 1. The van der Waals surface area contributed by atoms with Gasteiger partial charge in [0.25, 0.3) is 5.56 Å². The van der Waals surface area contributed by atoms with Gasteiger partial charge in [-0.3, -0.25) is 18.5 Å². The molecule has 192 valence electrons. The average molecular weight is 509 g/mol. The van der Waals surface area contributed by atoms with E-state index in [0.717, 1.165) is 43.0 Å². The van der Waals surface area contributed by atoms with Gasteiger partial charge in [0.05, 0.1) is 18.8 Å². The molecule has 1 unspecified atom stereocenters. The Morgan fingerprint density at radius 2 is 1.95 bits per heavy atom. The van der Waals surface area contributed by atoms with Crippen LogP contribution in [-0.4, -0.2) is 42.8 Å². The SMILES string of the molecule is CC#CCn1c(N2CCCC(N)C2)nc2c1c(=O)n(Cc1cc3ccccc3c(C#N)n1)c(=O)n2C1CC1. The summed E-state index contributed by atoms with van der Waals surface area (Å²) in [4.78, 5) is 39.3. The van der Waals surface area contributed by atoms with Crippen LogP contribution < -0.4 is 21.9 Å². The molecule has 10 nitrogen and oxygen atoms in total. The molecule has 10 heteroatoms. The minimum absolute atomic E-state index is 0.00634. The molecule has 2 N–H and O–H groups in total. The molecule has 0 spiro atoms. The van der Waals surface area contributed by atoms with Gasteiger partial charge in [-0.25, -0.2) is 9.78 Å². The van der Waals surface area contributed by atoms with Crippen molar-refractivity contribution in [3.63, 3.8) is 0 Å². The molecule has 4 aromatic rings. The van der Waals surface area contributed by atoms with Crippen molar-refractivity contribution >= 4 is 27.9 Å². The van der Waals surface area contributed by atoms with E-state index in [1.807, 2.05) is 34.9 Å². The van der Waals surface area contributed by atoms with E-state index in [1.165, 1.54) is 4.57 Å². The van der Waals surface area contributed by atoms with Crippen LogP contribution in [-0.2, 0) is 13.1 Å². The predicted molar refractivity (Wildman–Crippen MR) is 145 cm³/mol. The first kappa shape index (κ1) is 24.0. The van der Waals surface area contributed by atoms with Crippen LogP contribution in [0.4, 0.5) is 5.95 Å². The molecule has 1 aliphatic carbocycles. The zero-order valence-electron chi connectivity index (χ0n) is 21.2. The van der Waals surface area contributed by atoms with Gasteiger partial charge < -0.3 is 10.6 Å². The van der Waals surface area contributed by atoms with Gasteiger partial charge in [-0.05, 0) is 44.1 Å². The minimum Gasteiger partial charge on any atom is -0.341 e. The molecule has 1 aliphatic heterocycles. The quantitative estimate of drug-likeness (QED) is 0.409. The Balaban J connectivity index is 1.57. The fourth-order valence-corrected chi connectivity index (χ4v) is 5.37. The number of aromatic nitrogens is 5. The van der Waals surface area contributed by atoms with Crippen LogP contribution in [0.25, 0.3) is 21.9 Å². The molecule has 3 aromatic heterocycles. The summed E-state index contributed by atoms with van der Waals surface area (Å²) in [6.45, 7) is 3.39. The van der Waals surface area contributed by atoms with Crippen LogP contribution in [0, 0.1) is 23.2 Å². The van der Waals surface area contributed by atoms with Crippen molar-refractivity contribution < 1.29 is 0 Å². The second-order valence-electron chi connectivity index (χ2n) is 10.0. The zero-order valence-corrected chi connectivity index (χ0v) is 21.2. The molecule has 6 rings (SSSR count). The fourth-order valence-electron chi connectivity index (χ4n) is 5.37. The second kappa shape index (κ2) is 9.47. The standard InChI is InChI=1S/C28H28N8O2/c1-2-3-13-34-24-25(32-27(34)33-12-6-8-19(30)16-33)36(21-10-11-21)28(38)35(26(24)37)17-20-14-18-7-4-5-9-22(18)23(15-29)31-20/h4-5,7,9,14,19,21H,6,8,10-13,16-17,30H2,1H3. The summed E-state index contributed by atoms with van der Waals surface area (Å²) in [6, 6.07) is 11.4. The number of hydrogen-bond acceptors (Lipinski definition) is 7.